The number of fused-ring (bicyclic) bond motifs is 1. The number of nitrogens with zero attached hydrogens (tertiary/aromatic N) is 2. The van der Waals surface area contributed by atoms with Gasteiger partial charge in [-0.25, -0.2) is 4.79 Å². The quantitative estimate of drug-likeness (QED) is 0.557. The molecule has 0 radical (unpaired) electrons. The predicted octanol–water partition coefficient (Wildman–Crippen LogP) is 2.87. The molecule has 5 rings (SSSR count). The second-order valence-corrected chi connectivity index (χ2v) is 9.36. The number of urea groups is 1. The van der Waals surface area contributed by atoms with Gasteiger partial charge in [0.15, 0.2) is 0 Å². The SMILES string of the molecule is O=C(CCN1C(=O)NC2(CCCCC2)C1=O)Nc1ccc(C(=O)N2CC(=O)Nc3ccccc32)cc1. The number of carbonyl (C=O) groups excluding carboxylic acids is 5. The zero-order valence-electron chi connectivity index (χ0n) is 19.7. The van der Waals surface area contributed by atoms with Crippen LogP contribution in [0.2, 0.25) is 0 Å². The maximum absolute atomic E-state index is 13.1. The van der Waals surface area contributed by atoms with Gasteiger partial charge < -0.3 is 16.0 Å². The second-order valence-electron chi connectivity index (χ2n) is 9.36. The van der Waals surface area contributed by atoms with Gasteiger partial charge in [0.1, 0.15) is 12.1 Å². The molecule has 1 saturated heterocycles. The lowest BCUT2D eigenvalue weighted by Crippen LogP contribution is -2.48. The molecule has 2 aromatic rings. The lowest BCUT2D eigenvalue weighted by atomic mass is 9.82. The summed E-state index contributed by atoms with van der Waals surface area (Å²) in [5.74, 6) is -1.19. The van der Waals surface area contributed by atoms with E-state index in [2.05, 4.69) is 16.0 Å². The maximum atomic E-state index is 13.1. The molecule has 0 unspecified atom stereocenters. The zero-order valence-corrected chi connectivity index (χ0v) is 19.7. The number of carbonyl (C=O) groups is 5. The Balaban J connectivity index is 1.18. The molecule has 1 saturated carbocycles. The minimum atomic E-state index is -0.802. The summed E-state index contributed by atoms with van der Waals surface area (Å²) in [6, 6.07) is 13.0. The third-order valence-electron chi connectivity index (χ3n) is 6.95. The van der Waals surface area contributed by atoms with Crippen LogP contribution < -0.4 is 20.9 Å². The van der Waals surface area contributed by atoms with Gasteiger partial charge in [-0.15, -0.1) is 0 Å². The predicted molar refractivity (Wildman–Crippen MR) is 132 cm³/mol. The number of para-hydroxylation sites is 2. The summed E-state index contributed by atoms with van der Waals surface area (Å²) in [5.41, 5.74) is 1.24. The van der Waals surface area contributed by atoms with Crippen molar-refractivity contribution in [1.29, 1.82) is 0 Å². The van der Waals surface area contributed by atoms with E-state index in [1.165, 1.54) is 4.90 Å². The van der Waals surface area contributed by atoms with E-state index in [-0.39, 0.29) is 43.1 Å². The molecule has 2 aliphatic heterocycles. The third-order valence-corrected chi connectivity index (χ3v) is 6.95. The third kappa shape index (κ3) is 4.41. The van der Waals surface area contributed by atoms with E-state index in [1.54, 1.807) is 48.5 Å². The molecular formula is C26H27N5O5. The van der Waals surface area contributed by atoms with E-state index in [0.717, 1.165) is 24.2 Å². The lowest BCUT2D eigenvalue weighted by molar-refractivity contribution is -0.132. The molecule has 36 heavy (non-hydrogen) atoms. The van der Waals surface area contributed by atoms with Crippen LogP contribution >= 0.6 is 0 Å². The lowest BCUT2D eigenvalue weighted by Gasteiger charge is -2.30. The number of nitrogens with one attached hydrogen (secondary N) is 3. The Bertz CT molecular complexity index is 1240. The van der Waals surface area contributed by atoms with Crippen LogP contribution in [0.15, 0.2) is 48.5 Å². The number of benzene rings is 2. The van der Waals surface area contributed by atoms with Gasteiger partial charge in [0.25, 0.3) is 11.8 Å². The molecular weight excluding hydrogens is 462 g/mol. The Hall–Kier alpha value is -4.21. The Morgan fingerprint density at radius 3 is 2.42 bits per heavy atom. The van der Waals surface area contributed by atoms with Crippen LogP contribution in [-0.4, -0.2) is 53.2 Å². The molecule has 2 fully saturated rings. The molecule has 6 amide bonds. The van der Waals surface area contributed by atoms with Crippen molar-refractivity contribution in [2.24, 2.45) is 0 Å². The summed E-state index contributed by atoms with van der Waals surface area (Å²) in [7, 11) is 0. The molecule has 186 valence electrons. The van der Waals surface area contributed by atoms with Crippen molar-refractivity contribution in [2.75, 3.05) is 28.6 Å². The smallest absolute Gasteiger partial charge is 0.325 e. The first-order chi connectivity index (χ1) is 17.4. The van der Waals surface area contributed by atoms with Crippen molar-refractivity contribution in [3.05, 3.63) is 54.1 Å². The van der Waals surface area contributed by atoms with Crippen LogP contribution in [-0.2, 0) is 14.4 Å². The summed E-state index contributed by atoms with van der Waals surface area (Å²) in [4.78, 5) is 65.3. The Morgan fingerprint density at radius 1 is 0.944 bits per heavy atom. The fraction of sp³-hybridized carbons (Fsp3) is 0.346. The highest BCUT2D eigenvalue weighted by Crippen LogP contribution is 2.34. The van der Waals surface area contributed by atoms with Gasteiger partial charge >= 0.3 is 6.03 Å². The van der Waals surface area contributed by atoms with Gasteiger partial charge in [-0.05, 0) is 49.2 Å². The van der Waals surface area contributed by atoms with Gasteiger partial charge in [-0.1, -0.05) is 31.4 Å². The summed E-state index contributed by atoms with van der Waals surface area (Å²) in [6.07, 6.45) is 4.10. The molecule has 3 N–H and O–H groups in total. The van der Waals surface area contributed by atoms with Crippen LogP contribution in [0.1, 0.15) is 48.9 Å². The molecule has 10 heteroatoms. The Morgan fingerprint density at radius 2 is 1.67 bits per heavy atom. The normalized spacial score (nSPS) is 18.5. The van der Waals surface area contributed by atoms with E-state index < -0.39 is 11.6 Å². The number of hydrogen-bond donors (Lipinski definition) is 3. The molecule has 2 aromatic carbocycles. The first-order valence-corrected chi connectivity index (χ1v) is 12.1. The highest BCUT2D eigenvalue weighted by atomic mass is 16.2. The molecule has 2 heterocycles. The van der Waals surface area contributed by atoms with E-state index >= 15 is 0 Å². The van der Waals surface area contributed by atoms with Gasteiger partial charge in [0.2, 0.25) is 11.8 Å². The number of imide groups is 1. The minimum Gasteiger partial charge on any atom is -0.326 e. The summed E-state index contributed by atoms with van der Waals surface area (Å²) >= 11 is 0. The molecule has 3 aliphatic rings. The highest BCUT2D eigenvalue weighted by Gasteiger charge is 2.51. The largest absolute Gasteiger partial charge is 0.326 e. The van der Waals surface area contributed by atoms with E-state index in [0.29, 0.717) is 35.5 Å². The van der Waals surface area contributed by atoms with Crippen molar-refractivity contribution in [3.8, 4) is 0 Å². The average molecular weight is 490 g/mol. The van der Waals surface area contributed by atoms with Crippen LogP contribution in [0, 0.1) is 0 Å². The maximum Gasteiger partial charge on any atom is 0.325 e. The Kier molecular flexibility index (Phi) is 6.17. The van der Waals surface area contributed by atoms with Crippen molar-refractivity contribution in [2.45, 2.75) is 44.1 Å². The van der Waals surface area contributed by atoms with Crippen molar-refractivity contribution in [3.63, 3.8) is 0 Å². The van der Waals surface area contributed by atoms with Crippen molar-refractivity contribution >= 4 is 46.7 Å². The first-order valence-electron chi connectivity index (χ1n) is 12.1. The van der Waals surface area contributed by atoms with Gasteiger partial charge in [0.05, 0.1) is 11.4 Å². The molecule has 1 spiro atoms. The van der Waals surface area contributed by atoms with Crippen LogP contribution in [0.3, 0.4) is 0 Å². The second kappa shape index (κ2) is 9.44. The fourth-order valence-corrected chi connectivity index (χ4v) is 5.08. The fourth-order valence-electron chi connectivity index (χ4n) is 5.08. The number of hydrogen-bond acceptors (Lipinski definition) is 5. The van der Waals surface area contributed by atoms with Gasteiger partial charge in [-0.2, -0.15) is 0 Å². The van der Waals surface area contributed by atoms with E-state index in [4.69, 9.17) is 0 Å². The average Bonchev–Trinajstić information content (AvgIpc) is 3.10. The number of anilines is 3. The molecule has 0 atom stereocenters. The van der Waals surface area contributed by atoms with Crippen LogP contribution in [0.5, 0.6) is 0 Å². The van der Waals surface area contributed by atoms with Crippen molar-refractivity contribution < 1.29 is 24.0 Å². The molecule has 0 aromatic heterocycles. The summed E-state index contributed by atoms with van der Waals surface area (Å²) in [5, 5.41) is 8.33. The number of rotatable bonds is 5. The molecule has 0 bridgehead atoms. The minimum absolute atomic E-state index is 0.00521. The summed E-state index contributed by atoms with van der Waals surface area (Å²) in [6.45, 7) is -0.0797. The van der Waals surface area contributed by atoms with Gasteiger partial charge in [0, 0.05) is 24.2 Å². The molecule has 10 nitrogen and oxygen atoms in total. The zero-order chi connectivity index (χ0) is 25.3. The topological polar surface area (TPSA) is 128 Å². The first kappa shape index (κ1) is 23.5. The van der Waals surface area contributed by atoms with Crippen molar-refractivity contribution in [1.82, 2.24) is 10.2 Å². The molecule has 1 aliphatic carbocycles. The highest BCUT2D eigenvalue weighted by molar-refractivity contribution is 6.15. The van der Waals surface area contributed by atoms with E-state index in [9.17, 15) is 24.0 Å². The van der Waals surface area contributed by atoms with Gasteiger partial charge in [-0.3, -0.25) is 29.0 Å². The standard InChI is InChI=1S/C26H27N5O5/c32-21(12-15-30-24(35)26(29-25(30)36)13-4-1-5-14-26)27-18-10-8-17(9-11-18)23(34)31-16-22(33)28-19-6-2-3-7-20(19)31/h2-3,6-11H,1,4-5,12-16H2,(H,27,32)(H,28,33)(H,29,36). The van der Waals surface area contributed by atoms with E-state index in [1.807, 2.05) is 0 Å². The number of amides is 6. The van der Waals surface area contributed by atoms with Crippen LogP contribution in [0.25, 0.3) is 0 Å². The van der Waals surface area contributed by atoms with Crippen LogP contribution in [0.4, 0.5) is 21.9 Å². The Labute approximate surface area is 208 Å². The monoisotopic (exact) mass is 489 g/mol. The summed E-state index contributed by atoms with van der Waals surface area (Å²) < 4.78 is 0.